The van der Waals surface area contributed by atoms with E-state index in [2.05, 4.69) is 10.3 Å². The molecule has 3 amide bonds. The number of aromatic amines is 1. The minimum Gasteiger partial charge on any atom is -0.444 e. The van der Waals surface area contributed by atoms with Gasteiger partial charge in [0.05, 0.1) is 13.1 Å². The van der Waals surface area contributed by atoms with Crippen molar-refractivity contribution in [3.63, 3.8) is 0 Å². The number of alkyl carbamates (subject to hydrolysis) is 1. The second-order valence-electron chi connectivity index (χ2n) is 10.2. The van der Waals surface area contributed by atoms with Gasteiger partial charge in [0.25, 0.3) is 11.8 Å². The van der Waals surface area contributed by atoms with E-state index in [1.54, 1.807) is 69.4 Å². The topological polar surface area (TPSA) is 94.7 Å². The van der Waals surface area contributed by atoms with Crippen molar-refractivity contribution in [1.29, 1.82) is 0 Å². The average molecular weight is 547 g/mol. The molecule has 0 saturated carbocycles. The van der Waals surface area contributed by atoms with Crippen LogP contribution in [-0.4, -0.2) is 57.3 Å². The summed E-state index contributed by atoms with van der Waals surface area (Å²) in [6.07, 6.45) is -1.22. The van der Waals surface area contributed by atoms with E-state index >= 15 is 0 Å². The van der Waals surface area contributed by atoms with Gasteiger partial charge in [-0.05, 0) is 44.5 Å². The zero-order valence-electron chi connectivity index (χ0n) is 21.2. The minimum atomic E-state index is -1.54. The van der Waals surface area contributed by atoms with Crippen LogP contribution >= 0.6 is 11.6 Å². The van der Waals surface area contributed by atoms with E-state index < -0.39 is 54.9 Å². The third kappa shape index (κ3) is 6.24. The summed E-state index contributed by atoms with van der Waals surface area (Å²) in [4.78, 5) is 43.6. The Bertz CT molecular complexity index is 1340. The molecule has 0 spiro atoms. The summed E-state index contributed by atoms with van der Waals surface area (Å²) in [5, 5.41) is 3.54. The van der Waals surface area contributed by atoms with Gasteiger partial charge in [-0.25, -0.2) is 9.18 Å². The van der Waals surface area contributed by atoms with Gasteiger partial charge in [-0.15, -0.1) is 0 Å². The number of rotatable bonds is 6. The summed E-state index contributed by atoms with van der Waals surface area (Å²) in [5.74, 6) is -1.82. The number of carbonyl (C=O) groups excluding carboxylic acids is 3. The number of ether oxygens (including phenoxy) is 1. The Hall–Kier alpha value is -3.66. The first-order chi connectivity index (χ1) is 17.9. The van der Waals surface area contributed by atoms with E-state index in [1.807, 2.05) is 0 Å². The quantitative estimate of drug-likeness (QED) is 0.413. The lowest BCUT2D eigenvalue weighted by Gasteiger charge is -2.30. The zero-order valence-corrected chi connectivity index (χ0v) is 22.0. The average Bonchev–Trinajstić information content (AvgIpc) is 3.44. The van der Waals surface area contributed by atoms with Crippen molar-refractivity contribution in [2.75, 3.05) is 6.54 Å². The highest BCUT2D eigenvalue weighted by Crippen LogP contribution is 2.31. The minimum absolute atomic E-state index is 0.0450. The van der Waals surface area contributed by atoms with E-state index in [0.29, 0.717) is 27.1 Å². The van der Waals surface area contributed by atoms with Crippen molar-refractivity contribution in [2.45, 2.75) is 57.6 Å². The number of likely N-dealkylation sites (tertiary alicyclic amines) is 1. The van der Waals surface area contributed by atoms with Gasteiger partial charge in [0.1, 0.15) is 23.9 Å². The molecular weight excluding hydrogens is 518 g/mol. The van der Waals surface area contributed by atoms with Crippen LogP contribution in [0.3, 0.4) is 0 Å². The molecule has 1 fully saturated rings. The Morgan fingerprint density at radius 1 is 1.21 bits per heavy atom. The third-order valence-corrected chi connectivity index (χ3v) is 6.34. The van der Waals surface area contributed by atoms with E-state index in [4.69, 9.17) is 16.3 Å². The Morgan fingerprint density at radius 3 is 2.66 bits per heavy atom. The fraction of sp³-hybridized carbons (Fsp3) is 0.370. The number of nitrogens with one attached hydrogen (secondary N) is 2. The van der Waals surface area contributed by atoms with Crippen LogP contribution in [-0.2, 0) is 20.9 Å². The predicted octanol–water partition coefficient (Wildman–Crippen LogP) is 5.24. The molecule has 0 radical (unpaired) electrons. The highest BCUT2D eigenvalue weighted by molar-refractivity contribution is 6.30. The Morgan fingerprint density at radius 2 is 1.95 bits per heavy atom. The third-order valence-electron chi connectivity index (χ3n) is 6.11. The molecule has 1 aliphatic heterocycles. The number of H-pyrrole nitrogens is 1. The van der Waals surface area contributed by atoms with Crippen LogP contribution in [0.15, 0.2) is 54.7 Å². The van der Waals surface area contributed by atoms with Crippen molar-refractivity contribution < 1.29 is 28.0 Å². The summed E-state index contributed by atoms with van der Waals surface area (Å²) in [6, 6.07) is 10.8. The molecule has 1 aromatic heterocycles. The maximum atomic E-state index is 15.0. The number of para-hydroxylation sites is 1. The summed E-state index contributed by atoms with van der Waals surface area (Å²) in [7, 11) is 0. The van der Waals surface area contributed by atoms with Crippen LogP contribution in [0.5, 0.6) is 0 Å². The Balaban J connectivity index is 1.62. The zero-order chi connectivity index (χ0) is 27.6. The molecule has 202 valence electrons. The number of alkyl halides is 1. The summed E-state index contributed by atoms with van der Waals surface area (Å²) in [6.45, 7) is 4.18. The maximum Gasteiger partial charge on any atom is 0.408 e. The van der Waals surface area contributed by atoms with Crippen LogP contribution in [0.25, 0.3) is 10.9 Å². The molecule has 0 aliphatic carbocycles. The van der Waals surface area contributed by atoms with Crippen molar-refractivity contribution >= 4 is 40.4 Å². The molecular formula is C27H29ClF2N4O4. The van der Waals surface area contributed by atoms with Gasteiger partial charge < -0.3 is 19.9 Å². The van der Waals surface area contributed by atoms with Crippen LogP contribution in [0.4, 0.5) is 13.7 Å². The van der Waals surface area contributed by atoms with Crippen LogP contribution in [0.1, 0.15) is 44.4 Å². The fourth-order valence-electron chi connectivity index (χ4n) is 4.49. The Kier molecular flexibility index (Phi) is 7.91. The first-order valence-corrected chi connectivity index (χ1v) is 12.5. The molecule has 11 heteroatoms. The molecule has 3 atom stereocenters. The van der Waals surface area contributed by atoms with E-state index in [1.165, 1.54) is 6.07 Å². The number of benzene rings is 2. The highest BCUT2D eigenvalue weighted by Gasteiger charge is 2.45. The number of halogens is 3. The number of amides is 3. The normalized spacial score (nSPS) is 18.3. The number of nitrogens with zero attached hydrogens (tertiary/aromatic N) is 2. The lowest BCUT2D eigenvalue weighted by molar-refractivity contribution is -0.157. The number of fused-ring (bicyclic) bond motifs is 1. The van der Waals surface area contributed by atoms with Crippen LogP contribution < -0.4 is 5.32 Å². The molecule has 0 bridgehead atoms. The van der Waals surface area contributed by atoms with Crippen molar-refractivity contribution in [3.05, 3.63) is 70.9 Å². The lowest BCUT2D eigenvalue weighted by Crippen LogP contribution is -2.50. The molecule has 2 heterocycles. The van der Waals surface area contributed by atoms with E-state index in [0.717, 1.165) is 4.90 Å². The molecule has 1 aliphatic rings. The van der Waals surface area contributed by atoms with Crippen LogP contribution in [0, 0.1) is 0 Å². The maximum absolute atomic E-state index is 15.0. The van der Waals surface area contributed by atoms with Crippen molar-refractivity contribution in [2.24, 2.45) is 0 Å². The first-order valence-electron chi connectivity index (χ1n) is 12.1. The molecule has 4 rings (SSSR count). The van der Waals surface area contributed by atoms with Crippen molar-refractivity contribution in [3.8, 4) is 0 Å². The molecule has 8 nitrogen and oxygen atoms in total. The predicted molar refractivity (Wildman–Crippen MR) is 139 cm³/mol. The van der Waals surface area contributed by atoms with Gasteiger partial charge in [-0.2, -0.15) is 5.12 Å². The number of hydrogen-bond acceptors (Lipinski definition) is 4. The van der Waals surface area contributed by atoms with Gasteiger partial charge in [0, 0.05) is 34.1 Å². The molecule has 1 unspecified atom stereocenters. The molecule has 2 aromatic carbocycles. The molecule has 3 aromatic rings. The largest absolute Gasteiger partial charge is 0.444 e. The summed E-state index contributed by atoms with van der Waals surface area (Å²) < 4.78 is 35.0. The standard InChI is InChI=1S/C27H29ClF2N4O4/c1-27(2,3)38-26(37)32-23(20-13-31-21-10-5-4-9-19(20)21)25(36)33-15-18(29)12-22(33)24(35)34(30)14-16-7-6-8-17(28)11-16/h4-11,13,18,22-23,31H,12,14-15H2,1-3H3,(H,32,37)/t18-,22+,23?/m1/s1. The number of aromatic nitrogens is 1. The van der Waals surface area contributed by atoms with Crippen molar-refractivity contribution in [1.82, 2.24) is 20.3 Å². The summed E-state index contributed by atoms with van der Waals surface area (Å²) >= 11 is 5.95. The van der Waals surface area contributed by atoms with Crippen LogP contribution in [0.2, 0.25) is 5.02 Å². The van der Waals surface area contributed by atoms with E-state index in [-0.39, 0.29) is 11.5 Å². The lowest BCUT2D eigenvalue weighted by atomic mass is 10.0. The van der Waals surface area contributed by atoms with Gasteiger partial charge in [-0.1, -0.05) is 46.4 Å². The number of hydrogen-bond donors (Lipinski definition) is 2. The molecule has 38 heavy (non-hydrogen) atoms. The second kappa shape index (κ2) is 11.0. The molecule has 2 N–H and O–H groups in total. The van der Waals surface area contributed by atoms with E-state index in [9.17, 15) is 23.3 Å². The molecule has 1 saturated heterocycles. The van der Waals surface area contributed by atoms with Gasteiger partial charge in [-0.3, -0.25) is 9.59 Å². The number of carbonyl (C=O) groups is 3. The smallest absolute Gasteiger partial charge is 0.408 e. The monoisotopic (exact) mass is 546 g/mol. The first kappa shape index (κ1) is 27.4. The highest BCUT2D eigenvalue weighted by atomic mass is 35.5. The SMILES string of the molecule is CC(C)(C)OC(=O)NC(C(=O)N1C[C@H](F)C[C@H]1C(=O)N(F)Cc1cccc(Cl)c1)c1c[nH]c2ccccc12. The Labute approximate surface area is 223 Å². The fourth-order valence-corrected chi connectivity index (χ4v) is 4.71. The summed E-state index contributed by atoms with van der Waals surface area (Å²) in [5.41, 5.74) is 0.703. The van der Waals surface area contributed by atoms with Gasteiger partial charge in [0.2, 0.25) is 0 Å². The van der Waals surface area contributed by atoms with Gasteiger partial charge in [0.15, 0.2) is 0 Å². The second-order valence-corrected chi connectivity index (χ2v) is 10.6. The van der Waals surface area contributed by atoms with Gasteiger partial charge >= 0.3 is 6.09 Å².